The summed E-state index contributed by atoms with van der Waals surface area (Å²) in [5.74, 6) is 0.709. The summed E-state index contributed by atoms with van der Waals surface area (Å²) in [4.78, 5) is 4.41. The lowest BCUT2D eigenvalue weighted by Gasteiger charge is -2.18. The van der Waals surface area contributed by atoms with E-state index < -0.39 is 6.67 Å². The number of ether oxygens (including phenoxy) is 1. The number of benzene rings is 1. The first-order valence-electron chi connectivity index (χ1n) is 7.22. The lowest BCUT2D eigenvalue weighted by atomic mass is 10.1. The average Bonchev–Trinajstić information content (AvgIpc) is 3.01. The van der Waals surface area contributed by atoms with E-state index in [1.807, 2.05) is 6.92 Å². The predicted octanol–water partition coefficient (Wildman–Crippen LogP) is 3.39. The molecule has 1 atom stereocenters. The normalized spacial score (nSPS) is 12.3. The van der Waals surface area contributed by atoms with Gasteiger partial charge in [-0.2, -0.15) is 5.10 Å². The standard InChI is InChI=1S/C16H16F2N4O/c1-11(13-10-12(18)2-3-14(13)23-9-6-17)20-15-5-8-22-16(21-15)4-7-19-22/h2-5,7-8,10-11H,6,9H2,1H3,(H,20,21). The van der Waals surface area contributed by atoms with Crippen LogP contribution >= 0.6 is 0 Å². The van der Waals surface area contributed by atoms with Crippen molar-refractivity contribution in [1.82, 2.24) is 14.6 Å². The molecular weight excluding hydrogens is 302 g/mol. The van der Waals surface area contributed by atoms with E-state index in [2.05, 4.69) is 15.4 Å². The molecule has 23 heavy (non-hydrogen) atoms. The second-order valence-corrected chi connectivity index (χ2v) is 5.03. The summed E-state index contributed by atoms with van der Waals surface area (Å²) in [7, 11) is 0. The lowest BCUT2D eigenvalue weighted by molar-refractivity contribution is 0.270. The molecule has 0 saturated carbocycles. The van der Waals surface area contributed by atoms with Gasteiger partial charge in [0.1, 0.15) is 30.7 Å². The van der Waals surface area contributed by atoms with E-state index in [1.165, 1.54) is 18.2 Å². The largest absolute Gasteiger partial charge is 0.490 e. The molecule has 0 radical (unpaired) electrons. The Morgan fingerprint density at radius 3 is 3.00 bits per heavy atom. The van der Waals surface area contributed by atoms with Crippen molar-refractivity contribution in [1.29, 1.82) is 0 Å². The minimum atomic E-state index is -0.599. The zero-order chi connectivity index (χ0) is 16.2. The molecule has 0 saturated heterocycles. The van der Waals surface area contributed by atoms with Gasteiger partial charge in [-0.1, -0.05) is 0 Å². The van der Waals surface area contributed by atoms with Crippen LogP contribution in [0.1, 0.15) is 18.5 Å². The summed E-state index contributed by atoms with van der Waals surface area (Å²) < 4.78 is 32.9. The van der Waals surface area contributed by atoms with Crippen molar-refractivity contribution >= 4 is 11.5 Å². The van der Waals surface area contributed by atoms with Gasteiger partial charge in [-0.3, -0.25) is 0 Å². The molecule has 5 nitrogen and oxygen atoms in total. The van der Waals surface area contributed by atoms with Crippen LogP contribution in [0.15, 0.2) is 42.7 Å². The van der Waals surface area contributed by atoms with Crippen molar-refractivity contribution in [3.05, 3.63) is 54.1 Å². The van der Waals surface area contributed by atoms with Crippen molar-refractivity contribution < 1.29 is 13.5 Å². The van der Waals surface area contributed by atoms with Gasteiger partial charge >= 0.3 is 0 Å². The van der Waals surface area contributed by atoms with Gasteiger partial charge in [0.15, 0.2) is 5.65 Å². The number of aromatic nitrogens is 3. The molecule has 3 aromatic rings. The Balaban J connectivity index is 1.83. The number of hydrogen-bond donors (Lipinski definition) is 1. The van der Waals surface area contributed by atoms with Crippen molar-refractivity contribution in [3.8, 4) is 5.75 Å². The van der Waals surface area contributed by atoms with Crippen LogP contribution in [0.5, 0.6) is 5.75 Å². The molecular formula is C16H16F2N4O. The number of halogens is 2. The third-order valence-corrected chi connectivity index (χ3v) is 3.40. The minimum absolute atomic E-state index is 0.0641. The van der Waals surface area contributed by atoms with Crippen molar-refractivity contribution in [3.63, 3.8) is 0 Å². The first-order valence-corrected chi connectivity index (χ1v) is 7.22. The highest BCUT2D eigenvalue weighted by Crippen LogP contribution is 2.28. The number of hydrogen-bond acceptors (Lipinski definition) is 4. The van der Waals surface area contributed by atoms with Crippen LogP contribution in [-0.2, 0) is 0 Å². The van der Waals surface area contributed by atoms with Crippen LogP contribution in [0.3, 0.4) is 0 Å². The van der Waals surface area contributed by atoms with Gasteiger partial charge in [-0.25, -0.2) is 18.3 Å². The molecule has 120 valence electrons. The lowest BCUT2D eigenvalue weighted by Crippen LogP contribution is -2.11. The summed E-state index contributed by atoms with van der Waals surface area (Å²) in [6, 6.07) is 7.47. The Hall–Kier alpha value is -2.70. The van der Waals surface area contributed by atoms with Gasteiger partial charge in [0.05, 0.1) is 12.2 Å². The number of alkyl halides is 1. The molecule has 0 fully saturated rings. The summed E-state index contributed by atoms with van der Waals surface area (Å²) >= 11 is 0. The van der Waals surface area contributed by atoms with Gasteiger partial charge in [0.25, 0.3) is 0 Å². The molecule has 1 unspecified atom stereocenters. The summed E-state index contributed by atoms with van der Waals surface area (Å²) in [6.07, 6.45) is 3.44. The van der Waals surface area contributed by atoms with Crippen molar-refractivity contribution in [2.45, 2.75) is 13.0 Å². The van der Waals surface area contributed by atoms with Crippen LogP contribution in [-0.4, -0.2) is 27.9 Å². The van der Waals surface area contributed by atoms with Gasteiger partial charge in [0.2, 0.25) is 0 Å². The summed E-state index contributed by atoms with van der Waals surface area (Å²) in [6.45, 7) is 1.20. The van der Waals surface area contributed by atoms with E-state index >= 15 is 0 Å². The molecule has 0 aliphatic rings. The summed E-state index contributed by atoms with van der Waals surface area (Å²) in [5.41, 5.74) is 1.31. The second kappa shape index (κ2) is 6.60. The molecule has 1 aromatic carbocycles. The van der Waals surface area contributed by atoms with E-state index in [9.17, 15) is 8.78 Å². The van der Waals surface area contributed by atoms with E-state index in [1.54, 1.807) is 29.0 Å². The topological polar surface area (TPSA) is 51.5 Å². The highest BCUT2D eigenvalue weighted by molar-refractivity contribution is 5.48. The fourth-order valence-corrected chi connectivity index (χ4v) is 2.33. The minimum Gasteiger partial charge on any atom is -0.490 e. The Morgan fingerprint density at radius 2 is 2.17 bits per heavy atom. The Labute approximate surface area is 131 Å². The molecule has 7 heteroatoms. The van der Waals surface area contributed by atoms with Crippen molar-refractivity contribution in [2.24, 2.45) is 0 Å². The molecule has 0 spiro atoms. The maximum atomic E-state index is 13.6. The SMILES string of the molecule is CC(Nc1ccn2nccc2n1)c1cc(F)ccc1OCCF. The average molecular weight is 318 g/mol. The monoisotopic (exact) mass is 318 g/mol. The molecule has 3 rings (SSSR count). The maximum absolute atomic E-state index is 13.6. The molecule has 0 bridgehead atoms. The van der Waals surface area contributed by atoms with Crippen LogP contribution in [0.2, 0.25) is 0 Å². The molecule has 1 N–H and O–H groups in total. The Kier molecular flexibility index (Phi) is 4.36. The Bertz CT molecular complexity index is 806. The molecule has 0 aliphatic heterocycles. The highest BCUT2D eigenvalue weighted by atomic mass is 19.1. The van der Waals surface area contributed by atoms with E-state index in [0.717, 1.165) is 0 Å². The first-order chi connectivity index (χ1) is 11.2. The number of rotatable bonds is 6. The molecule has 0 amide bonds. The second-order valence-electron chi connectivity index (χ2n) is 5.03. The highest BCUT2D eigenvalue weighted by Gasteiger charge is 2.14. The van der Waals surface area contributed by atoms with Gasteiger partial charge in [0, 0.05) is 17.8 Å². The van der Waals surface area contributed by atoms with E-state index in [0.29, 0.717) is 22.8 Å². The fourth-order valence-electron chi connectivity index (χ4n) is 2.33. The number of anilines is 1. The predicted molar refractivity (Wildman–Crippen MR) is 82.9 cm³/mol. The smallest absolute Gasteiger partial charge is 0.157 e. The van der Waals surface area contributed by atoms with Crippen LogP contribution < -0.4 is 10.1 Å². The van der Waals surface area contributed by atoms with Crippen LogP contribution in [0.4, 0.5) is 14.6 Å². The number of nitrogens with zero attached hydrogens (tertiary/aromatic N) is 3. The summed E-state index contributed by atoms with van der Waals surface area (Å²) in [5, 5.41) is 7.27. The van der Waals surface area contributed by atoms with Gasteiger partial charge < -0.3 is 10.1 Å². The van der Waals surface area contributed by atoms with E-state index in [4.69, 9.17) is 4.74 Å². The van der Waals surface area contributed by atoms with Gasteiger partial charge in [-0.05, 0) is 31.2 Å². The van der Waals surface area contributed by atoms with E-state index in [-0.39, 0.29) is 18.5 Å². The van der Waals surface area contributed by atoms with Crippen molar-refractivity contribution in [2.75, 3.05) is 18.6 Å². The zero-order valence-corrected chi connectivity index (χ0v) is 12.5. The third kappa shape index (κ3) is 3.39. The molecule has 2 heterocycles. The zero-order valence-electron chi connectivity index (χ0n) is 12.5. The molecule has 0 aliphatic carbocycles. The first kappa shape index (κ1) is 15.2. The number of fused-ring (bicyclic) bond motifs is 1. The maximum Gasteiger partial charge on any atom is 0.157 e. The fraction of sp³-hybridized carbons (Fsp3) is 0.250. The quantitative estimate of drug-likeness (QED) is 0.757. The third-order valence-electron chi connectivity index (χ3n) is 3.40. The Morgan fingerprint density at radius 1 is 1.30 bits per heavy atom. The van der Waals surface area contributed by atoms with Crippen LogP contribution in [0, 0.1) is 5.82 Å². The van der Waals surface area contributed by atoms with Gasteiger partial charge in [-0.15, -0.1) is 0 Å². The molecule has 2 aromatic heterocycles. The number of nitrogens with one attached hydrogen (secondary N) is 1. The van der Waals surface area contributed by atoms with Crippen LogP contribution in [0.25, 0.3) is 5.65 Å².